The molecule has 0 spiro atoms. The molecule has 7 heteroatoms. The quantitative estimate of drug-likeness (QED) is 0.842. The van der Waals surface area contributed by atoms with Crippen LogP contribution in [0.1, 0.15) is 28.8 Å². The number of halogens is 2. The first-order valence-electron chi connectivity index (χ1n) is 6.32. The average Bonchev–Trinajstić information content (AvgIpc) is 2.41. The van der Waals surface area contributed by atoms with Gasteiger partial charge in [-0.2, -0.15) is 0 Å². The normalized spacial score (nSPS) is 17.9. The number of alkyl halides is 2. The molecule has 110 valence electrons. The lowest BCUT2D eigenvalue weighted by molar-refractivity contribution is -0.0221. The van der Waals surface area contributed by atoms with Crippen molar-refractivity contribution in [1.29, 1.82) is 0 Å². The Bertz CT molecular complexity index is 525. The van der Waals surface area contributed by atoms with Crippen LogP contribution in [0.2, 0.25) is 0 Å². The van der Waals surface area contributed by atoms with E-state index in [2.05, 4.69) is 4.98 Å². The second kappa shape index (κ2) is 5.22. The number of nitrogens with zero attached hydrogens (tertiary/aromatic N) is 2. The number of nitrogen functional groups attached to an aromatic ring is 1. The molecule has 0 aliphatic carbocycles. The average molecular weight is 285 g/mol. The number of ether oxygens (including phenoxy) is 1. The molecule has 0 saturated carbocycles. The van der Waals surface area contributed by atoms with Crippen molar-refractivity contribution in [2.24, 2.45) is 0 Å². The Hall–Kier alpha value is -1.92. The second-order valence-corrected chi connectivity index (χ2v) is 4.87. The van der Waals surface area contributed by atoms with E-state index >= 15 is 0 Å². The maximum absolute atomic E-state index is 13.2. The summed E-state index contributed by atoms with van der Waals surface area (Å²) in [5, 5.41) is 0. The number of nitrogens with two attached hydrogens (primary N) is 1. The van der Waals surface area contributed by atoms with Crippen LogP contribution in [0.3, 0.4) is 0 Å². The molecule has 0 amide bonds. The molecule has 2 heterocycles. The largest absolute Gasteiger partial charge is 0.465 e. The van der Waals surface area contributed by atoms with Crippen molar-refractivity contribution in [2.45, 2.75) is 25.7 Å². The number of hydrogen-bond donors (Lipinski definition) is 1. The van der Waals surface area contributed by atoms with Crippen LogP contribution in [0.25, 0.3) is 0 Å². The summed E-state index contributed by atoms with van der Waals surface area (Å²) in [6.45, 7) is 1.98. The van der Waals surface area contributed by atoms with Crippen molar-refractivity contribution in [3.63, 3.8) is 0 Å². The third-order valence-electron chi connectivity index (χ3n) is 3.54. The molecule has 0 aromatic carbocycles. The molecule has 2 N–H and O–H groups in total. The van der Waals surface area contributed by atoms with E-state index in [1.165, 1.54) is 13.3 Å². The molecule has 2 rings (SSSR count). The summed E-state index contributed by atoms with van der Waals surface area (Å²) < 4.78 is 31.1. The number of piperidine rings is 1. The summed E-state index contributed by atoms with van der Waals surface area (Å²) in [5.74, 6) is -2.85. The highest BCUT2D eigenvalue weighted by atomic mass is 19.3. The number of hydrogen-bond acceptors (Lipinski definition) is 5. The summed E-state index contributed by atoms with van der Waals surface area (Å²) >= 11 is 0. The fraction of sp³-hybridized carbons (Fsp3) is 0.538. The van der Waals surface area contributed by atoms with Gasteiger partial charge in [-0.1, -0.05) is 0 Å². The van der Waals surface area contributed by atoms with Crippen LogP contribution >= 0.6 is 0 Å². The van der Waals surface area contributed by atoms with Crippen LogP contribution in [0, 0.1) is 6.92 Å². The number of carbonyl (C=O) groups excluding carboxylic acids is 1. The monoisotopic (exact) mass is 285 g/mol. The van der Waals surface area contributed by atoms with Crippen LogP contribution in [0.5, 0.6) is 0 Å². The number of carbonyl (C=O) groups is 1. The van der Waals surface area contributed by atoms with Crippen molar-refractivity contribution in [1.82, 2.24) is 4.98 Å². The Labute approximate surface area is 115 Å². The first kappa shape index (κ1) is 14.5. The van der Waals surface area contributed by atoms with Crippen LogP contribution in [-0.4, -0.2) is 37.1 Å². The van der Waals surface area contributed by atoms with Gasteiger partial charge in [0.25, 0.3) is 5.92 Å². The van der Waals surface area contributed by atoms with Crippen LogP contribution < -0.4 is 10.6 Å². The van der Waals surface area contributed by atoms with Gasteiger partial charge in [-0.25, -0.2) is 18.6 Å². The smallest absolute Gasteiger partial charge is 0.341 e. The van der Waals surface area contributed by atoms with Crippen LogP contribution in [0.4, 0.5) is 20.3 Å². The molecule has 0 atom stereocenters. The summed E-state index contributed by atoms with van der Waals surface area (Å²) in [4.78, 5) is 17.7. The zero-order valence-electron chi connectivity index (χ0n) is 11.4. The van der Waals surface area contributed by atoms with Crippen LogP contribution in [0.15, 0.2) is 6.20 Å². The van der Waals surface area contributed by atoms with Crippen molar-refractivity contribution < 1.29 is 18.3 Å². The van der Waals surface area contributed by atoms with Gasteiger partial charge < -0.3 is 15.4 Å². The number of pyridine rings is 1. The minimum absolute atomic E-state index is 0.146. The number of rotatable bonds is 2. The Morgan fingerprint density at radius 2 is 2.05 bits per heavy atom. The predicted molar refractivity (Wildman–Crippen MR) is 71.1 cm³/mol. The molecular weight excluding hydrogens is 268 g/mol. The van der Waals surface area contributed by atoms with E-state index in [0.29, 0.717) is 17.1 Å². The van der Waals surface area contributed by atoms with Crippen molar-refractivity contribution in [2.75, 3.05) is 30.8 Å². The van der Waals surface area contributed by atoms with Gasteiger partial charge in [0, 0.05) is 25.9 Å². The summed E-state index contributed by atoms with van der Waals surface area (Å²) in [6.07, 6.45) is 0.932. The number of esters is 1. The van der Waals surface area contributed by atoms with Crippen molar-refractivity contribution >= 4 is 17.5 Å². The SMILES string of the molecule is COC(=O)c1c(N2CCC(F)(F)CC2)ncc(N)c1C. The van der Waals surface area contributed by atoms with E-state index < -0.39 is 11.9 Å². The predicted octanol–water partition coefficient (Wildman–Crippen LogP) is 1.99. The Morgan fingerprint density at radius 3 is 2.60 bits per heavy atom. The maximum Gasteiger partial charge on any atom is 0.341 e. The number of aromatic nitrogens is 1. The van der Waals surface area contributed by atoms with Crippen LogP contribution in [-0.2, 0) is 4.74 Å². The maximum atomic E-state index is 13.2. The third-order valence-corrected chi connectivity index (χ3v) is 3.54. The van der Waals surface area contributed by atoms with Crippen molar-refractivity contribution in [3.8, 4) is 0 Å². The van der Waals surface area contributed by atoms with Gasteiger partial charge >= 0.3 is 5.97 Å². The molecule has 20 heavy (non-hydrogen) atoms. The van der Waals surface area contributed by atoms with Crippen molar-refractivity contribution in [3.05, 3.63) is 17.3 Å². The number of methoxy groups -OCH3 is 1. The van der Waals surface area contributed by atoms with E-state index in [1.54, 1.807) is 11.8 Å². The first-order valence-corrected chi connectivity index (χ1v) is 6.32. The van der Waals surface area contributed by atoms with Gasteiger partial charge in [-0.15, -0.1) is 0 Å². The van der Waals surface area contributed by atoms with E-state index in [0.717, 1.165) is 0 Å². The molecule has 0 bridgehead atoms. The van der Waals surface area contributed by atoms with Gasteiger partial charge in [-0.3, -0.25) is 0 Å². The Balaban J connectivity index is 2.37. The summed E-state index contributed by atoms with van der Waals surface area (Å²) in [7, 11) is 1.26. The zero-order valence-corrected chi connectivity index (χ0v) is 11.4. The minimum atomic E-state index is -2.65. The fourth-order valence-corrected chi connectivity index (χ4v) is 2.24. The lowest BCUT2D eigenvalue weighted by Gasteiger charge is -2.33. The molecule has 1 aromatic heterocycles. The molecule has 1 aliphatic rings. The summed E-state index contributed by atoms with van der Waals surface area (Å²) in [5.41, 5.74) is 6.92. The first-order chi connectivity index (χ1) is 9.35. The number of anilines is 2. The fourth-order valence-electron chi connectivity index (χ4n) is 2.24. The zero-order chi connectivity index (χ0) is 14.9. The molecular formula is C13H17F2N3O2. The summed E-state index contributed by atoms with van der Waals surface area (Å²) in [6, 6.07) is 0. The molecule has 0 unspecified atom stereocenters. The van der Waals surface area contributed by atoms with Gasteiger partial charge in [0.15, 0.2) is 0 Å². The van der Waals surface area contributed by atoms with Gasteiger partial charge in [0.1, 0.15) is 11.4 Å². The highest BCUT2D eigenvalue weighted by Gasteiger charge is 2.35. The molecule has 1 fully saturated rings. The molecule has 0 radical (unpaired) electrons. The van der Waals surface area contributed by atoms with E-state index in [9.17, 15) is 13.6 Å². The van der Waals surface area contributed by atoms with E-state index in [-0.39, 0.29) is 31.5 Å². The van der Waals surface area contributed by atoms with E-state index in [1.807, 2.05) is 0 Å². The topological polar surface area (TPSA) is 68.5 Å². The second-order valence-electron chi connectivity index (χ2n) is 4.87. The lowest BCUT2D eigenvalue weighted by atomic mass is 10.0. The minimum Gasteiger partial charge on any atom is -0.465 e. The van der Waals surface area contributed by atoms with Gasteiger partial charge in [-0.05, 0) is 12.5 Å². The van der Waals surface area contributed by atoms with E-state index in [4.69, 9.17) is 10.5 Å². The molecule has 1 saturated heterocycles. The van der Waals surface area contributed by atoms with Gasteiger partial charge in [0.2, 0.25) is 0 Å². The standard InChI is InChI=1S/C13H17F2N3O2/c1-8-9(16)7-17-11(10(8)12(19)20-2)18-5-3-13(14,15)4-6-18/h7H,3-6,16H2,1-2H3. The third kappa shape index (κ3) is 2.66. The molecule has 1 aliphatic heterocycles. The highest BCUT2D eigenvalue weighted by Crippen LogP contribution is 2.33. The Kier molecular flexibility index (Phi) is 3.78. The highest BCUT2D eigenvalue weighted by molar-refractivity contribution is 5.97. The Morgan fingerprint density at radius 1 is 1.45 bits per heavy atom. The lowest BCUT2D eigenvalue weighted by Crippen LogP contribution is -2.40. The van der Waals surface area contributed by atoms with Gasteiger partial charge in [0.05, 0.1) is 19.0 Å². The molecule has 5 nitrogen and oxygen atoms in total. The molecule has 1 aromatic rings.